The fraction of sp³-hybridized carbons (Fsp3) is 0.286. The Hall–Kier alpha value is -1.69. The Labute approximate surface area is 74.0 Å². The van der Waals surface area contributed by atoms with Gasteiger partial charge in [-0.1, -0.05) is 18.2 Å². The van der Waals surface area contributed by atoms with Crippen molar-refractivity contribution in [2.75, 3.05) is 0 Å². The minimum atomic E-state index is -1.90. The first kappa shape index (κ1) is 9.40. The predicted molar refractivity (Wildman–Crippen MR) is 44.9 cm³/mol. The minimum Gasteiger partial charge on any atom is -0.369 e. The van der Waals surface area contributed by atoms with Crippen molar-refractivity contribution in [3.63, 3.8) is 0 Å². The van der Waals surface area contributed by atoms with Gasteiger partial charge in [-0.2, -0.15) is 0 Å². The third kappa shape index (κ3) is 1.43. The Morgan fingerprint density at radius 3 is 2.54 bits per heavy atom. The molecular formula is C7H9N3O3. The number of allylic oxidation sites excluding steroid dienone is 2. The lowest BCUT2D eigenvalue weighted by atomic mass is 9.89. The summed E-state index contributed by atoms with van der Waals surface area (Å²) in [5.41, 5.74) is 8.48. The zero-order valence-electron chi connectivity index (χ0n) is 6.71. The van der Waals surface area contributed by atoms with Crippen LogP contribution in [0.2, 0.25) is 0 Å². The van der Waals surface area contributed by atoms with Crippen LogP contribution in [0.4, 0.5) is 0 Å². The van der Waals surface area contributed by atoms with E-state index in [2.05, 4.69) is 0 Å². The van der Waals surface area contributed by atoms with Gasteiger partial charge in [-0.3, -0.25) is 20.6 Å². The maximum absolute atomic E-state index is 10.8. The molecule has 4 N–H and O–H groups in total. The quantitative estimate of drug-likeness (QED) is 0.329. The number of amides is 1. The van der Waals surface area contributed by atoms with E-state index in [0.717, 1.165) is 6.08 Å². The summed E-state index contributed by atoms with van der Waals surface area (Å²) in [6.45, 7) is 0. The summed E-state index contributed by atoms with van der Waals surface area (Å²) in [4.78, 5) is 20.7. The van der Waals surface area contributed by atoms with E-state index < -0.39 is 22.4 Å². The van der Waals surface area contributed by atoms with E-state index in [9.17, 15) is 14.9 Å². The van der Waals surface area contributed by atoms with Crippen LogP contribution in [0.3, 0.4) is 0 Å². The third-order valence-corrected chi connectivity index (χ3v) is 1.90. The Kier molecular flexibility index (Phi) is 2.16. The molecule has 1 rings (SSSR count). The highest BCUT2D eigenvalue weighted by Gasteiger charge is 2.47. The smallest absolute Gasteiger partial charge is 0.306 e. The van der Waals surface area contributed by atoms with E-state index in [1.807, 2.05) is 0 Å². The average molecular weight is 183 g/mol. The first-order valence-corrected chi connectivity index (χ1v) is 3.57. The molecule has 6 heteroatoms. The zero-order chi connectivity index (χ0) is 10.1. The lowest BCUT2D eigenvalue weighted by Crippen LogP contribution is -2.56. The molecule has 0 heterocycles. The Bertz CT molecular complexity index is 310. The third-order valence-electron chi connectivity index (χ3n) is 1.90. The van der Waals surface area contributed by atoms with Crippen LogP contribution in [0, 0.1) is 16.0 Å². The number of nitro groups is 1. The SMILES string of the molecule is NC(=O)C1C=CC=CC1(N)[N+](=O)[O-]. The number of primary amides is 1. The molecular weight excluding hydrogens is 174 g/mol. The monoisotopic (exact) mass is 183 g/mol. The van der Waals surface area contributed by atoms with Crippen molar-refractivity contribution in [3.05, 3.63) is 34.4 Å². The van der Waals surface area contributed by atoms with Crippen LogP contribution in [-0.2, 0) is 4.79 Å². The summed E-state index contributed by atoms with van der Waals surface area (Å²) in [5.74, 6) is -1.90. The number of hydrogen-bond donors (Lipinski definition) is 2. The van der Waals surface area contributed by atoms with E-state index in [1.165, 1.54) is 18.2 Å². The molecule has 0 radical (unpaired) electrons. The summed E-state index contributed by atoms with van der Waals surface area (Å²) in [7, 11) is 0. The summed E-state index contributed by atoms with van der Waals surface area (Å²) < 4.78 is 0. The molecule has 1 aliphatic rings. The molecule has 13 heavy (non-hydrogen) atoms. The van der Waals surface area contributed by atoms with E-state index in [4.69, 9.17) is 11.5 Å². The molecule has 0 saturated carbocycles. The lowest BCUT2D eigenvalue weighted by Gasteiger charge is -2.23. The van der Waals surface area contributed by atoms with Gasteiger partial charge in [0.25, 0.3) is 0 Å². The van der Waals surface area contributed by atoms with Crippen molar-refractivity contribution < 1.29 is 9.72 Å². The lowest BCUT2D eigenvalue weighted by molar-refractivity contribution is -0.559. The van der Waals surface area contributed by atoms with Gasteiger partial charge in [0.2, 0.25) is 5.91 Å². The number of hydrogen-bond acceptors (Lipinski definition) is 4. The van der Waals surface area contributed by atoms with Crippen LogP contribution in [0.15, 0.2) is 24.3 Å². The second-order valence-corrected chi connectivity index (χ2v) is 2.77. The Morgan fingerprint density at radius 2 is 2.15 bits per heavy atom. The van der Waals surface area contributed by atoms with Crippen molar-refractivity contribution in [3.8, 4) is 0 Å². The normalized spacial score (nSPS) is 31.6. The highest BCUT2D eigenvalue weighted by Crippen LogP contribution is 2.22. The second-order valence-electron chi connectivity index (χ2n) is 2.77. The zero-order valence-corrected chi connectivity index (χ0v) is 6.71. The molecule has 1 aliphatic carbocycles. The summed E-state index contributed by atoms with van der Waals surface area (Å²) in [5, 5.41) is 10.6. The van der Waals surface area contributed by atoms with Crippen LogP contribution in [-0.4, -0.2) is 16.5 Å². The van der Waals surface area contributed by atoms with E-state index in [-0.39, 0.29) is 0 Å². The molecule has 70 valence electrons. The number of nitrogens with zero attached hydrogens (tertiary/aromatic N) is 1. The molecule has 0 aromatic rings. The van der Waals surface area contributed by atoms with Crippen LogP contribution >= 0.6 is 0 Å². The average Bonchev–Trinajstić information content (AvgIpc) is 2.04. The minimum absolute atomic E-state index is 0.720. The van der Waals surface area contributed by atoms with Gasteiger partial charge in [-0.25, -0.2) is 0 Å². The van der Waals surface area contributed by atoms with Gasteiger partial charge < -0.3 is 5.73 Å². The second kappa shape index (κ2) is 2.98. The van der Waals surface area contributed by atoms with Crippen LogP contribution < -0.4 is 11.5 Å². The van der Waals surface area contributed by atoms with Crippen molar-refractivity contribution in [2.45, 2.75) is 5.66 Å². The molecule has 0 aromatic carbocycles. The van der Waals surface area contributed by atoms with Crippen molar-refractivity contribution in [1.29, 1.82) is 0 Å². The number of rotatable bonds is 2. The van der Waals surface area contributed by atoms with Crippen LogP contribution in [0.5, 0.6) is 0 Å². The maximum Gasteiger partial charge on any atom is 0.306 e. The van der Waals surface area contributed by atoms with Crippen LogP contribution in [0.1, 0.15) is 0 Å². The van der Waals surface area contributed by atoms with E-state index in [1.54, 1.807) is 0 Å². The summed E-state index contributed by atoms with van der Waals surface area (Å²) >= 11 is 0. The first-order chi connectivity index (χ1) is 5.98. The van der Waals surface area contributed by atoms with Gasteiger partial charge in [0.15, 0.2) is 0 Å². The largest absolute Gasteiger partial charge is 0.369 e. The topological polar surface area (TPSA) is 112 Å². The molecule has 0 spiro atoms. The molecule has 2 atom stereocenters. The Balaban J connectivity index is 3.07. The van der Waals surface area contributed by atoms with Gasteiger partial charge in [-0.15, -0.1) is 0 Å². The summed E-state index contributed by atoms with van der Waals surface area (Å²) in [6, 6.07) is 0. The fourth-order valence-corrected chi connectivity index (χ4v) is 1.14. The number of carbonyl (C=O) groups is 1. The molecule has 0 fully saturated rings. The summed E-state index contributed by atoms with van der Waals surface area (Å²) in [6.07, 6.45) is 5.40. The molecule has 6 nitrogen and oxygen atoms in total. The molecule has 0 aromatic heterocycles. The van der Waals surface area contributed by atoms with Gasteiger partial charge in [0, 0.05) is 11.0 Å². The first-order valence-electron chi connectivity index (χ1n) is 3.57. The molecule has 1 amide bonds. The predicted octanol–water partition coefficient (Wildman–Crippen LogP) is -0.854. The highest BCUT2D eigenvalue weighted by atomic mass is 16.6. The number of carbonyl (C=O) groups excluding carboxylic acids is 1. The maximum atomic E-state index is 10.8. The molecule has 2 unspecified atom stereocenters. The van der Waals surface area contributed by atoms with Gasteiger partial charge >= 0.3 is 5.66 Å². The van der Waals surface area contributed by atoms with E-state index in [0.29, 0.717) is 0 Å². The van der Waals surface area contributed by atoms with Gasteiger partial charge in [-0.05, 0) is 0 Å². The van der Waals surface area contributed by atoms with Gasteiger partial charge in [0.1, 0.15) is 5.92 Å². The standard InChI is InChI=1S/C7H9N3O3/c8-6(11)5-3-1-2-4-7(5,9)10(12)13/h1-5H,9H2,(H2,8,11). The van der Waals surface area contributed by atoms with Crippen LogP contribution in [0.25, 0.3) is 0 Å². The molecule has 0 bridgehead atoms. The van der Waals surface area contributed by atoms with Crippen molar-refractivity contribution in [2.24, 2.45) is 17.4 Å². The number of nitrogens with two attached hydrogens (primary N) is 2. The van der Waals surface area contributed by atoms with Crippen molar-refractivity contribution in [1.82, 2.24) is 0 Å². The highest BCUT2D eigenvalue weighted by molar-refractivity contribution is 5.80. The fourth-order valence-electron chi connectivity index (χ4n) is 1.14. The van der Waals surface area contributed by atoms with E-state index >= 15 is 0 Å². The molecule has 0 aliphatic heterocycles. The molecule has 0 saturated heterocycles. The van der Waals surface area contributed by atoms with Gasteiger partial charge in [0.05, 0.1) is 0 Å². The Morgan fingerprint density at radius 1 is 1.54 bits per heavy atom. The van der Waals surface area contributed by atoms with Crippen molar-refractivity contribution >= 4 is 5.91 Å².